The van der Waals surface area contributed by atoms with Crippen molar-refractivity contribution in [2.24, 2.45) is 0 Å². The predicted molar refractivity (Wildman–Crippen MR) is 68.1 cm³/mol. The number of fused-ring (bicyclic) bond motifs is 1. The molecule has 0 saturated carbocycles. The zero-order chi connectivity index (χ0) is 13.4. The molecule has 1 aliphatic heterocycles. The van der Waals surface area contributed by atoms with Gasteiger partial charge in [0.1, 0.15) is 5.52 Å². The van der Waals surface area contributed by atoms with Crippen LogP contribution in [0, 0.1) is 6.92 Å². The highest BCUT2D eigenvalue weighted by molar-refractivity contribution is 5.68. The van der Waals surface area contributed by atoms with Crippen LogP contribution >= 0.6 is 0 Å². The lowest BCUT2D eigenvalue weighted by Crippen LogP contribution is -2.36. The first kappa shape index (κ1) is 12.0. The molecule has 19 heavy (non-hydrogen) atoms. The SMILES string of the molecule is Cc1ccc2nc(C3CCN(C(=O)O)CC3)oc2n1. The van der Waals surface area contributed by atoms with Gasteiger partial charge in [-0.1, -0.05) is 0 Å². The number of carboxylic acid groups (broad SMARTS) is 1. The van der Waals surface area contributed by atoms with Crippen molar-refractivity contribution in [1.29, 1.82) is 0 Å². The summed E-state index contributed by atoms with van der Waals surface area (Å²) in [6.07, 6.45) is 0.643. The Kier molecular flexibility index (Phi) is 2.85. The number of aryl methyl sites for hydroxylation is 1. The van der Waals surface area contributed by atoms with Crippen molar-refractivity contribution in [3.63, 3.8) is 0 Å². The first-order chi connectivity index (χ1) is 9.13. The van der Waals surface area contributed by atoms with Crippen LogP contribution in [0.5, 0.6) is 0 Å². The van der Waals surface area contributed by atoms with Crippen LogP contribution in [-0.4, -0.2) is 39.2 Å². The number of aromatic nitrogens is 2. The van der Waals surface area contributed by atoms with E-state index in [9.17, 15) is 4.79 Å². The van der Waals surface area contributed by atoms with E-state index in [-0.39, 0.29) is 5.92 Å². The summed E-state index contributed by atoms with van der Waals surface area (Å²) in [5.74, 6) is 0.864. The minimum Gasteiger partial charge on any atom is -0.465 e. The molecule has 1 aliphatic rings. The highest BCUT2D eigenvalue weighted by Crippen LogP contribution is 2.29. The molecular weight excluding hydrogens is 246 g/mol. The minimum absolute atomic E-state index is 0.185. The highest BCUT2D eigenvalue weighted by Gasteiger charge is 2.26. The van der Waals surface area contributed by atoms with Gasteiger partial charge in [-0.2, -0.15) is 0 Å². The fourth-order valence-corrected chi connectivity index (χ4v) is 2.42. The van der Waals surface area contributed by atoms with Gasteiger partial charge < -0.3 is 14.4 Å². The quantitative estimate of drug-likeness (QED) is 0.852. The lowest BCUT2D eigenvalue weighted by Gasteiger charge is -2.28. The van der Waals surface area contributed by atoms with E-state index < -0.39 is 6.09 Å². The number of pyridine rings is 1. The molecule has 6 heteroatoms. The number of nitrogens with zero attached hydrogens (tertiary/aromatic N) is 3. The van der Waals surface area contributed by atoms with E-state index in [0.717, 1.165) is 24.1 Å². The van der Waals surface area contributed by atoms with Crippen molar-refractivity contribution in [1.82, 2.24) is 14.9 Å². The van der Waals surface area contributed by atoms with Gasteiger partial charge in [0.05, 0.1) is 0 Å². The zero-order valence-electron chi connectivity index (χ0n) is 10.7. The second kappa shape index (κ2) is 4.53. The largest absolute Gasteiger partial charge is 0.465 e. The average molecular weight is 261 g/mol. The summed E-state index contributed by atoms with van der Waals surface area (Å²) in [5.41, 5.74) is 2.23. The number of piperidine rings is 1. The second-order valence-corrected chi connectivity index (χ2v) is 4.87. The Morgan fingerprint density at radius 3 is 2.79 bits per heavy atom. The summed E-state index contributed by atoms with van der Waals surface area (Å²) in [5, 5.41) is 8.92. The Morgan fingerprint density at radius 2 is 2.11 bits per heavy atom. The van der Waals surface area contributed by atoms with E-state index in [2.05, 4.69) is 9.97 Å². The maximum Gasteiger partial charge on any atom is 0.407 e. The molecule has 100 valence electrons. The molecule has 0 aromatic carbocycles. The minimum atomic E-state index is -0.853. The van der Waals surface area contributed by atoms with E-state index in [4.69, 9.17) is 9.52 Å². The molecule has 0 unspecified atom stereocenters. The maximum absolute atomic E-state index is 10.9. The van der Waals surface area contributed by atoms with Gasteiger partial charge in [0.15, 0.2) is 0 Å². The van der Waals surface area contributed by atoms with Crippen LogP contribution in [0.3, 0.4) is 0 Å². The molecule has 1 fully saturated rings. The Balaban J connectivity index is 1.80. The summed E-state index contributed by atoms with van der Waals surface area (Å²) >= 11 is 0. The normalized spacial score (nSPS) is 17.0. The maximum atomic E-state index is 10.9. The van der Waals surface area contributed by atoms with Crippen molar-refractivity contribution in [3.8, 4) is 0 Å². The first-order valence-corrected chi connectivity index (χ1v) is 6.35. The standard InChI is InChI=1S/C13H15N3O3/c1-8-2-3-10-12(14-8)19-11(15-10)9-4-6-16(7-5-9)13(17)18/h2-3,9H,4-7H2,1H3,(H,17,18). The number of carbonyl (C=O) groups is 1. The van der Waals surface area contributed by atoms with Crippen LogP contribution in [0.15, 0.2) is 16.5 Å². The number of likely N-dealkylation sites (tertiary alicyclic amines) is 1. The molecular formula is C13H15N3O3. The molecule has 0 atom stereocenters. The predicted octanol–water partition coefficient (Wildman–Crippen LogP) is 2.39. The van der Waals surface area contributed by atoms with E-state index in [1.165, 1.54) is 4.90 Å². The molecule has 1 amide bonds. The fourth-order valence-electron chi connectivity index (χ4n) is 2.42. The first-order valence-electron chi connectivity index (χ1n) is 6.35. The Hall–Kier alpha value is -2.11. The van der Waals surface area contributed by atoms with Gasteiger partial charge in [-0.25, -0.2) is 14.8 Å². The molecule has 0 bridgehead atoms. The number of hydrogen-bond acceptors (Lipinski definition) is 4. The third-order valence-electron chi connectivity index (χ3n) is 3.53. The topological polar surface area (TPSA) is 79.5 Å². The molecule has 0 radical (unpaired) electrons. The van der Waals surface area contributed by atoms with Crippen LogP contribution in [-0.2, 0) is 0 Å². The number of oxazole rings is 1. The van der Waals surface area contributed by atoms with Gasteiger partial charge in [0.25, 0.3) is 0 Å². The van der Waals surface area contributed by atoms with Gasteiger partial charge in [0, 0.05) is 24.7 Å². The van der Waals surface area contributed by atoms with E-state index in [1.54, 1.807) is 0 Å². The molecule has 3 heterocycles. The molecule has 2 aromatic heterocycles. The van der Waals surface area contributed by atoms with Crippen molar-refractivity contribution in [3.05, 3.63) is 23.7 Å². The van der Waals surface area contributed by atoms with E-state index >= 15 is 0 Å². The van der Waals surface area contributed by atoms with Crippen LogP contribution in [0.25, 0.3) is 11.2 Å². The molecule has 0 spiro atoms. The fraction of sp³-hybridized carbons (Fsp3) is 0.462. The lowest BCUT2D eigenvalue weighted by molar-refractivity contribution is 0.129. The van der Waals surface area contributed by atoms with Crippen molar-refractivity contribution < 1.29 is 14.3 Å². The van der Waals surface area contributed by atoms with Crippen molar-refractivity contribution >= 4 is 17.3 Å². The number of rotatable bonds is 1. The highest BCUT2D eigenvalue weighted by atomic mass is 16.4. The van der Waals surface area contributed by atoms with E-state index in [1.807, 2.05) is 19.1 Å². The third-order valence-corrected chi connectivity index (χ3v) is 3.53. The third kappa shape index (κ3) is 2.25. The zero-order valence-corrected chi connectivity index (χ0v) is 10.7. The van der Waals surface area contributed by atoms with Gasteiger partial charge in [-0.15, -0.1) is 0 Å². The summed E-state index contributed by atoms with van der Waals surface area (Å²) in [7, 11) is 0. The molecule has 3 rings (SSSR count). The van der Waals surface area contributed by atoms with Crippen LogP contribution < -0.4 is 0 Å². The Bertz CT molecular complexity index is 615. The van der Waals surface area contributed by atoms with Gasteiger partial charge >= 0.3 is 6.09 Å². The molecule has 0 aliphatic carbocycles. The monoisotopic (exact) mass is 261 g/mol. The molecule has 6 nitrogen and oxygen atoms in total. The van der Waals surface area contributed by atoms with Gasteiger partial charge in [0.2, 0.25) is 11.6 Å². The second-order valence-electron chi connectivity index (χ2n) is 4.87. The summed E-state index contributed by atoms with van der Waals surface area (Å²) in [6.45, 7) is 2.98. The lowest BCUT2D eigenvalue weighted by atomic mass is 9.97. The molecule has 2 aromatic rings. The van der Waals surface area contributed by atoms with Gasteiger partial charge in [-0.3, -0.25) is 0 Å². The van der Waals surface area contributed by atoms with Crippen molar-refractivity contribution in [2.45, 2.75) is 25.7 Å². The van der Waals surface area contributed by atoms with Crippen LogP contribution in [0.1, 0.15) is 30.3 Å². The van der Waals surface area contributed by atoms with Crippen molar-refractivity contribution in [2.75, 3.05) is 13.1 Å². The number of hydrogen-bond donors (Lipinski definition) is 1. The van der Waals surface area contributed by atoms with E-state index in [0.29, 0.717) is 24.7 Å². The summed E-state index contributed by atoms with van der Waals surface area (Å²) in [4.78, 5) is 21.0. The van der Waals surface area contributed by atoms with Crippen LogP contribution in [0.2, 0.25) is 0 Å². The number of amides is 1. The average Bonchev–Trinajstić information content (AvgIpc) is 2.81. The Morgan fingerprint density at radius 1 is 1.37 bits per heavy atom. The summed E-state index contributed by atoms with van der Waals surface area (Å²) < 4.78 is 5.70. The smallest absolute Gasteiger partial charge is 0.407 e. The molecule has 1 N–H and O–H groups in total. The van der Waals surface area contributed by atoms with Gasteiger partial charge in [-0.05, 0) is 31.9 Å². The Labute approximate surface area is 110 Å². The van der Waals surface area contributed by atoms with Crippen LogP contribution in [0.4, 0.5) is 4.79 Å². The summed E-state index contributed by atoms with van der Waals surface area (Å²) in [6, 6.07) is 3.80. The molecule has 1 saturated heterocycles.